The predicted octanol–water partition coefficient (Wildman–Crippen LogP) is 2.17. The first-order chi connectivity index (χ1) is 6.07. The summed E-state index contributed by atoms with van der Waals surface area (Å²) in [5.74, 6) is 1.13. The summed E-state index contributed by atoms with van der Waals surface area (Å²) in [5, 5.41) is 9.53. The Kier molecular flexibility index (Phi) is 6.51. The summed E-state index contributed by atoms with van der Waals surface area (Å²) < 4.78 is 0. The Morgan fingerprint density at radius 1 is 1.31 bits per heavy atom. The lowest BCUT2D eigenvalue weighted by atomic mass is 9.91. The number of aldehydes is 1. The fourth-order valence-corrected chi connectivity index (χ4v) is 1.09. The molecule has 0 aliphatic rings. The van der Waals surface area contributed by atoms with Crippen molar-refractivity contribution >= 4 is 6.29 Å². The van der Waals surface area contributed by atoms with Crippen LogP contribution in [0.1, 0.15) is 33.6 Å². The summed E-state index contributed by atoms with van der Waals surface area (Å²) in [7, 11) is 0. The molecule has 0 aromatic carbocycles. The molecule has 0 rings (SSSR count). The Morgan fingerprint density at radius 3 is 2.38 bits per heavy atom. The smallest absolute Gasteiger partial charge is 0.142 e. The monoisotopic (exact) mass is 184 g/mol. The van der Waals surface area contributed by atoms with Gasteiger partial charge in [-0.05, 0) is 30.8 Å². The topological polar surface area (TPSA) is 37.3 Å². The molecule has 0 aromatic heterocycles. The molecule has 0 spiro atoms. The van der Waals surface area contributed by atoms with Crippen molar-refractivity contribution in [3.05, 3.63) is 12.2 Å². The fourth-order valence-electron chi connectivity index (χ4n) is 1.09. The zero-order valence-electron chi connectivity index (χ0n) is 8.73. The molecule has 0 fully saturated rings. The summed E-state index contributed by atoms with van der Waals surface area (Å²) in [5.41, 5.74) is 0. The second-order valence-electron chi connectivity index (χ2n) is 3.91. The number of rotatable bonds is 6. The molecule has 2 nitrogen and oxygen atoms in total. The highest BCUT2D eigenvalue weighted by Crippen LogP contribution is 2.17. The fraction of sp³-hybridized carbons (Fsp3) is 0.727. The lowest BCUT2D eigenvalue weighted by molar-refractivity contribution is -0.104. The molecular formula is C11H20O2. The number of allylic oxidation sites excluding steroid dienone is 1. The molecule has 0 aliphatic carbocycles. The van der Waals surface area contributed by atoms with Crippen molar-refractivity contribution < 1.29 is 9.90 Å². The van der Waals surface area contributed by atoms with Crippen LogP contribution in [0.15, 0.2) is 12.2 Å². The summed E-state index contributed by atoms with van der Waals surface area (Å²) in [4.78, 5) is 9.95. The van der Waals surface area contributed by atoms with E-state index in [0.29, 0.717) is 18.3 Å². The van der Waals surface area contributed by atoms with E-state index in [1.165, 1.54) is 6.08 Å². The van der Waals surface area contributed by atoms with Gasteiger partial charge in [-0.3, -0.25) is 4.79 Å². The molecule has 0 radical (unpaired) electrons. The van der Waals surface area contributed by atoms with Gasteiger partial charge in [-0.15, -0.1) is 0 Å². The van der Waals surface area contributed by atoms with Gasteiger partial charge in [0.05, 0.1) is 6.10 Å². The number of hydrogen-bond donors (Lipinski definition) is 1. The molecule has 0 amide bonds. The molecule has 0 heterocycles. The molecule has 2 unspecified atom stereocenters. The van der Waals surface area contributed by atoms with Crippen LogP contribution in [-0.4, -0.2) is 17.5 Å². The molecule has 2 heteroatoms. The van der Waals surface area contributed by atoms with Gasteiger partial charge in [-0.25, -0.2) is 0 Å². The maximum atomic E-state index is 9.95. The summed E-state index contributed by atoms with van der Waals surface area (Å²) in [6, 6.07) is 0. The maximum Gasteiger partial charge on any atom is 0.142 e. The van der Waals surface area contributed by atoms with Crippen molar-refractivity contribution in [3.63, 3.8) is 0 Å². The Balaban J connectivity index is 3.66. The van der Waals surface area contributed by atoms with E-state index in [4.69, 9.17) is 0 Å². The van der Waals surface area contributed by atoms with Crippen LogP contribution in [0.4, 0.5) is 0 Å². The van der Waals surface area contributed by atoms with Crippen molar-refractivity contribution in [3.8, 4) is 0 Å². The highest BCUT2D eigenvalue weighted by molar-refractivity contribution is 5.64. The first-order valence-electron chi connectivity index (χ1n) is 4.86. The van der Waals surface area contributed by atoms with Crippen LogP contribution in [0, 0.1) is 11.8 Å². The molecule has 2 atom stereocenters. The molecule has 13 heavy (non-hydrogen) atoms. The van der Waals surface area contributed by atoms with Gasteiger partial charge in [0.25, 0.3) is 0 Å². The van der Waals surface area contributed by atoms with Gasteiger partial charge in [0.2, 0.25) is 0 Å². The SMILES string of the molecule is CC(C)C(C)CC(O)C/C=C/C=O. The van der Waals surface area contributed by atoms with Crippen molar-refractivity contribution in [2.24, 2.45) is 11.8 Å². The van der Waals surface area contributed by atoms with E-state index in [-0.39, 0.29) is 6.10 Å². The van der Waals surface area contributed by atoms with Crippen LogP contribution in [0.5, 0.6) is 0 Å². The Hall–Kier alpha value is -0.630. The van der Waals surface area contributed by atoms with Gasteiger partial charge >= 0.3 is 0 Å². The number of carbonyl (C=O) groups excluding carboxylic acids is 1. The first kappa shape index (κ1) is 12.4. The summed E-state index contributed by atoms with van der Waals surface area (Å²) >= 11 is 0. The number of hydrogen-bond acceptors (Lipinski definition) is 2. The second kappa shape index (κ2) is 6.84. The van der Waals surface area contributed by atoms with Crippen LogP contribution >= 0.6 is 0 Å². The number of aliphatic hydroxyl groups excluding tert-OH is 1. The lowest BCUT2D eigenvalue weighted by Gasteiger charge is -2.18. The average Bonchev–Trinajstić information content (AvgIpc) is 2.04. The molecule has 1 N–H and O–H groups in total. The normalized spacial score (nSPS) is 16.4. The summed E-state index contributed by atoms with van der Waals surface area (Å²) in [6.45, 7) is 6.44. The van der Waals surface area contributed by atoms with Crippen molar-refractivity contribution in [2.45, 2.75) is 39.7 Å². The van der Waals surface area contributed by atoms with Crippen LogP contribution in [0.25, 0.3) is 0 Å². The quantitative estimate of drug-likeness (QED) is 0.507. The highest BCUT2D eigenvalue weighted by atomic mass is 16.3. The van der Waals surface area contributed by atoms with E-state index in [9.17, 15) is 9.90 Å². The van der Waals surface area contributed by atoms with Gasteiger partial charge in [0.15, 0.2) is 0 Å². The largest absolute Gasteiger partial charge is 0.393 e. The minimum absolute atomic E-state index is 0.311. The number of carbonyl (C=O) groups is 1. The third-order valence-corrected chi connectivity index (χ3v) is 2.40. The second-order valence-corrected chi connectivity index (χ2v) is 3.91. The van der Waals surface area contributed by atoms with E-state index >= 15 is 0 Å². The van der Waals surface area contributed by atoms with Crippen molar-refractivity contribution in [2.75, 3.05) is 0 Å². The average molecular weight is 184 g/mol. The standard InChI is InChI=1S/C11H20O2/c1-9(2)10(3)8-11(13)6-4-5-7-12/h4-5,7,9-11,13H,6,8H2,1-3H3/b5-4+. The Morgan fingerprint density at radius 2 is 1.92 bits per heavy atom. The predicted molar refractivity (Wildman–Crippen MR) is 54.4 cm³/mol. The maximum absolute atomic E-state index is 9.95. The van der Waals surface area contributed by atoms with Crippen LogP contribution < -0.4 is 0 Å². The van der Waals surface area contributed by atoms with Crippen molar-refractivity contribution in [1.29, 1.82) is 0 Å². The zero-order valence-corrected chi connectivity index (χ0v) is 8.73. The third-order valence-electron chi connectivity index (χ3n) is 2.40. The molecule has 0 bridgehead atoms. The van der Waals surface area contributed by atoms with Gasteiger partial charge in [0, 0.05) is 0 Å². The lowest BCUT2D eigenvalue weighted by Crippen LogP contribution is -2.14. The van der Waals surface area contributed by atoms with E-state index in [2.05, 4.69) is 20.8 Å². The minimum atomic E-state index is -0.311. The molecule has 0 saturated carbocycles. The molecule has 0 aliphatic heterocycles. The molecular weight excluding hydrogens is 164 g/mol. The number of aliphatic hydroxyl groups is 1. The molecule has 76 valence electrons. The van der Waals surface area contributed by atoms with Crippen LogP contribution in [0.3, 0.4) is 0 Å². The van der Waals surface area contributed by atoms with Gasteiger partial charge < -0.3 is 5.11 Å². The minimum Gasteiger partial charge on any atom is -0.393 e. The van der Waals surface area contributed by atoms with Gasteiger partial charge in [-0.1, -0.05) is 26.8 Å². The van der Waals surface area contributed by atoms with E-state index in [1.807, 2.05) is 0 Å². The van der Waals surface area contributed by atoms with E-state index in [0.717, 1.165) is 12.7 Å². The third kappa shape index (κ3) is 6.52. The van der Waals surface area contributed by atoms with Crippen molar-refractivity contribution in [1.82, 2.24) is 0 Å². The van der Waals surface area contributed by atoms with E-state index in [1.54, 1.807) is 6.08 Å². The summed E-state index contributed by atoms with van der Waals surface area (Å²) in [6.07, 6.45) is 4.96. The van der Waals surface area contributed by atoms with Gasteiger partial charge in [-0.2, -0.15) is 0 Å². The highest BCUT2D eigenvalue weighted by Gasteiger charge is 2.11. The molecule has 0 saturated heterocycles. The Labute approximate surface area is 80.7 Å². The zero-order chi connectivity index (χ0) is 10.3. The van der Waals surface area contributed by atoms with Crippen LogP contribution in [0.2, 0.25) is 0 Å². The van der Waals surface area contributed by atoms with Crippen LogP contribution in [-0.2, 0) is 4.79 Å². The van der Waals surface area contributed by atoms with E-state index < -0.39 is 0 Å². The Bertz CT molecular complexity index is 161. The van der Waals surface area contributed by atoms with Gasteiger partial charge in [0.1, 0.15) is 6.29 Å². The first-order valence-corrected chi connectivity index (χ1v) is 4.86. The molecule has 0 aromatic rings.